The van der Waals surface area contributed by atoms with E-state index in [1.54, 1.807) is 30.5 Å². The van der Waals surface area contributed by atoms with Crippen molar-refractivity contribution < 1.29 is 14.7 Å². The van der Waals surface area contributed by atoms with Crippen molar-refractivity contribution >= 4 is 28.5 Å². The number of nitrogen functional groups attached to an aromatic ring is 1. The molecule has 26 heavy (non-hydrogen) atoms. The SMILES string of the molecule is Cn1cc(C(=O)CCc2ccc(C(=N)N)cc2)c2cc(C(=O)O)ccc21. The summed E-state index contributed by atoms with van der Waals surface area (Å²) in [7, 11) is 1.83. The summed E-state index contributed by atoms with van der Waals surface area (Å²) in [4.78, 5) is 23.9. The average Bonchev–Trinajstić information content (AvgIpc) is 2.96. The molecule has 0 aliphatic rings. The maximum Gasteiger partial charge on any atom is 0.335 e. The Bertz CT molecular complexity index is 1020. The van der Waals surface area contributed by atoms with Gasteiger partial charge in [-0.2, -0.15) is 0 Å². The van der Waals surface area contributed by atoms with Gasteiger partial charge < -0.3 is 15.4 Å². The number of hydrogen-bond acceptors (Lipinski definition) is 3. The van der Waals surface area contributed by atoms with Crippen molar-refractivity contribution in [3.63, 3.8) is 0 Å². The zero-order valence-electron chi connectivity index (χ0n) is 14.3. The molecule has 1 heterocycles. The van der Waals surface area contributed by atoms with Gasteiger partial charge in [0.25, 0.3) is 0 Å². The van der Waals surface area contributed by atoms with Crippen LogP contribution in [-0.2, 0) is 13.5 Å². The van der Waals surface area contributed by atoms with Crippen molar-refractivity contribution in [1.82, 2.24) is 4.57 Å². The first kappa shape index (κ1) is 17.4. The summed E-state index contributed by atoms with van der Waals surface area (Å²) in [6.45, 7) is 0. The molecule has 0 saturated heterocycles. The predicted molar refractivity (Wildman–Crippen MR) is 100.0 cm³/mol. The summed E-state index contributed by atoms with van der Waals surface area (Å²) in [5.41, 5.74) is 8.59. The second-order valence-corrected chi connectivity index (χ2v) is 6.22. The van der Waals surface area contributed by atoms with Gasteiger partial charge in [0.1, 0.15) is 5.84 Å². The van der Waals surface area contributed by atoms with E-state index in [1.807, 2.05) is 23.7 Å². The minimum absolute atomic E-state index is 0.0117. The van der Waals surface area contributed by atoms with Crippen molar-refractivity contribution in [2.75, 3.05) is 0 Å². The normalized spacial score (nSPS) is 10.8. The molecule has 3 aromatic rings. The van der Waals surface area contributed by atoms with Gasteiger partial charge in [0.2, 0.25) is 0 Å². The molecule has 0 radical (unpaired) electrons. The number of hydrogen-bond donors (Lipinski definition) is 3. The summed E-state index contributed by atoms with van der Waals surface area (Å²) >= 11 is 0. The fourth-order valence-corrected chi connectivity index (χ4v) is 2.99. The molecule has 0 unspecified atom stereocenters. The molecule has 2 aromatic carbocycles. The Balaban J connectivity index is 1.82. The summed E-state index contributed by atoms with van der Waals surface area (Å²) in [5.74, 6) is -1.04. The van der Waals surface area contributed by atoms with E-state index in [0.717, 1.165) is 11.1 Å². The highest BCUT2D eigenvalue weighted by molar-refractivity contribution is 6.09. The van der Waals surface area contributed by atoms with Crippen LogP contribution in [-0.4, -0.2) is 27.3 Å². The molecule has 3 rings (SSSR count). The smallest absolute Gasteiger partial charge is 0.335 e. The van der Waals surface area contributed by atoms with Crippen LogP contribution in [0.4, 0.5) is 0 Å². The Labute approximate surface area is 150 Å². The first-order chi connectivity index (χ1) is 12.4. The van der Waals surface area contributed by atoms with Crippen molar-refractivity contribution in [3.05, 3.63) is 70.9 Å². The average molecular weight is 349 g/mol. The number of carbonyl (C=O) groups is 2. The summed E-state index contributed by atoms with van der Waals surface area (Å²) < 4.78 is 1.83. The topological polar surface area (TPSA) is 109 Å². The molecule has 4 N–H and O–H groups in total. The zero-order valence-corrected chi connectivity index (χ0v) is 14.3. The highest BCUT2D eigenvalue weighted by atomic mass is 16.4. The fourth-order valence-electron chi connectivity index (χ4n) is 2.99. The van der Waals surface area contributed by atoms with E-state index in [2.05, 4.69) is 0 Å². The maximum atomic E-state index is 12.7. The van der Waals surface area contributed by atoms with Gasteiger partial charge in [0.05, 0.1) is 5.56 Å². The van der Waals surface area contributed by atoms with Crippen LogP contribution in [0.25, 0.3) is 10.9 Å². The molecule has 1 aromatic heterocycles. The summed E-state index contributed by atoms with van der Waals surface area (Å²) in [6, 6.07) is 12.0. The van der Waals surface area contributed by atoms with Crippen LogP contribution in [0.1, 0.15) is 38.3 Å². The lowest BCUT2D eigenvalue weighted by atomic mass is 10.0. The predicted octanol–water partition coefficient (Wildman–Crippen LogP) is 2.98. The van der Waals surface area contributed by atoms with E-state index in [1.165, 1.54) is 6.07 Å². The largest absolute Gasteiger partial charge is 0.478 e. The zero-order chi connectivity index (χ0) is 18.8. The van der Waals surface area contributed by atoms with Gasteiger partial charge >= 0.3 is 5.97 Å². The van der Waals surface area contributed by atoms with Gasteiger partial charge in [-0.05, 0) is 30.2 Å². The number of Topliss-reactive ketones (excluding diaryl/α,β-unsaturated/α-hetero) is 1. The summed E-state index contributed by atoms with van der Waals surface area (Å²) in [6.07, 6.45) is 2.62. The van der Waals surface area contributed by atoms with Crippen LogP contribution >= 0.6 is 0 Å². The molecular formula is C20H19N3O3. The Morgan fingerprint density at radius 1 is 1.12 bits per heavy atom. The monoisotopic (exact) mass is 349 g/mol. The number of carboxylic acids is 1. The quantitative estimate of drug-likeness (QED) is 0.361. The van der Waals surface area contributed by atoms with Gasteiger partial charge in [-0.1, -0.05) is 24.3 Å². The number of fused-ring (bicyclic) bond motifs is 1. The highest BCUT2D eigenvalue weighted by Gasteiger charge is 2.16. The van der Waals surface area contributed by atoms with E-state index in [0.29, 0.717) is 29.4 Å². The minimum atomic E-state index is -1.01. The number of carboxylic acid groups (broad SMARTS) is 1. The third kappa shape index (κ3) is 3.35. The second-order valence-electron chi connectivity index (χ2n) is 6.22. The third-order valence-corrected chi connectivity index (χ3v) is 4.44. The molecule has 0 saturated carbocycles. The lowest BCUT2D eigenvalue weighted by Gasteiger charge is -2.03. The molecule has 0 amide bonds. The number of carbonyl (C=O) groups excluding carboxylic acids is 1. The van der Waals surface area contributed by atoms with Gasteiger partial charge in [0, 0.05) is 41.7 Å². The van der Waals surface area contributed by atoms with Crippen molar-refractivity contribution in [2.45, 2.75) is 12.8 Å². The Morgan fingerprint density at radius 2 is 1.77 bits per heavy atom. The Kier molecular flexibility index (Phi) is 4.58. The molecule has 0 aliphatic heterocycles. The standard InChI is InChI=1S/C20H19N3O3/c1-23-11-16(15-10-14(20(25)26)7-8-17(15)23)18(24)9-4-12-2-5-13(6-3-12)19(21)22/h2-3,5-8,10-11H,4,9H2,1H3,(H3,21,22)(H,25,26). The number of benzene rings is 2. The molecule has 0 bridgehead atoms. The van der Waals surface area contributed by atoms with Crippen LogP contribution in [0.5, 0.6) is 0 Å². The van der Waals surface area contributed by atoms with Crippen LogP contribution in [0.3, 0.4) is 0 Å². The molecule has 6 nitrogen and oxygen atoms in total. The molecule has 0 aliphatic carbocycles. The van der Waals surface area contributed by atoms with Gasteiger partial charge in [-0.3, -0.25) is 10.2 Å². The number of nitrogens with one attached hydrogen (secondary N) is 1. The fraction of sp³-hybridized carbons (Fsp3) is 0.150. The number of aromatic carboxylic acids is 1. The van der Waals surface area contributed by atoms with Crippen LogP contribution in [0, 0.1) is 5.41 Å². The van der Waals surface area contributed by atoms with Crippen LogP contribution in [0.2, 0.25) is 0 Å². The molecule has 6 heteroatoms. The Morgan fingerprint density at radius 3 is 2.38 bits per heavy atom. The number of rotatable bonds is 6. The van der Waals surface area contributed by atoms with E-state index in [9.17, 15) is 14.7 Å². The second kappa shape index (κ2) is 6.84. The lowest BCUT2D eigenvalue weighted by Crippen LogP contribution is -2.10. The van der Waals surface area contributed by atoms with E-state index in [4.69, 9.17) is 11.1 Å². The molecule has 0 fully saturated rings. The Hall–Kier alpha value is -3.41. The van der Waals surface area contributed by atoms with Gasteiger partial charge in [0.15, 0.2) is 5.78 Å². The molecular weight excluding hydrogens is 330 g/mol. The van der Waals surface area contributed by atoms with Crippen molar-refractivity contribution in [1.29, 1.82) is 5.41 Å². The van der Waals surface area contributed by atoms with E-state index < -0.39 is 5.97 Å². The number of amidine groups is 1. The first-order valence-corrected chi connectivity index (χ1v) is 8.15. The van der Waals surface area contributed by atoms with Crippen LogP contribution < -0.4 is 5.73 Å². The molecule has 0 atom stereocenters. The number of aryl methyl sites for hydroxylation is 2. The molecule has 0 spiro atoms. The maximum absolute atomic E-state index is 12.7. The molecule has 132 valence electrons. The number of nitrogens with two attached hydrogens (primary N) is 1. The first-order valence-electron chi connectivity index (χ1n) is 8.15. The third-order valence-electron chi connectivity index (χ3n) is 4.44. The minimum Gasteiger partial charge on any atom is -0.478 e. The number of aromatic nitrogens is 1. The lowest BCUT2D eigenvalue weighted by molar-refractivity contribution is 0.0696. The highest BCUT2D eigenvalue weighted by Crippen LogP contribution is 2.24. The number of ketones is 1. The summed E-state index contributed by atoms with van der Waals surface area (Å²) in [5, 5.41) is 17.2. The van der Waals surface area contributed by atoms with E-state index >= 15 is 0 Å². The van der Waals surface area contributed by atoms with Gasteiger partial charge in [-0.15, -0.1) is 0 Å². The van der Waals surface area contributed by atoms with E-state index in [-0.39, 0.29) is 17.2 Å². The van der Waals surface area contributed by atoms with Crippen molar-refractivity contribution in [2.24, 2.45) is 12.8 Å². The number of nitrogens with zero attached hydrogens (tertiary/aromatic N) is 1. The van der Waals surface area contributed by atoms with Gasteiger partial charge in [-0.25, -0.2) is 4.79 Å². The van der Waals surface area contributed by atoms with Crippen molar-refractivity contribution in [3.8, 4) is 0 Å². The van der Waals surface area contributed by atoms with Crippen LogP contribution in [0.15, 0.2) is 48.7 Å².